The molecule has 0 saturated carbocycles. The molecule has 9 rings (SSSR count). The highest BCUT2D eigenvalue weighted by Gasteiger charge is 2.39. The molecule has 77 heavy (non-hydrogen) atoms. The molecular formula is C54H63BrCl2F2N10O8. The summed E-state index contributed by atoms with van der Waals surface area (Å²) in [6.45, 7) is 23.8. The number of fused-ring (bicyclic) bond motifs is 3. The van der Waals surface area contributed by atoms with Crippen molar-refractivity contribution < 1.29 is 37.7 Å². The van der Waals surface area contributed by atoms with E-state index in [4.69, 9.17) is 37.4 Å². The molecule has 3 aliphatic heterocycles. The number of pyridine rings is 2. The molecule has 2 aromatic carbocycles. The molecule has 0 bridgehead atoms. The Hall–Kier alpha value is -6.16. The summed E-state index contributed by atoms with van der Waals surface area (Å²) in [4.78, 5) is 77.6. The number of carbonyl (C=O) groups is 2. The maximum atomic E-state index is 15.4. The van der Waals surface area contributed by atoms with Gasteiger partial charge < -0.3 is 38.9 Å². The zero-order valence-electron chi connectivity index (χ0n) is 45.1. The van der Waals surface area contributed by atoms with Crippen LogP contribution in [0.2, 0.25) is 10.0 Å². The number of carbonyl (C=O) groups excluding carboxylic acids is 2. The highest BCUT2D eigenvalue weighted by molar-refractivity contribution is 9.10. The summed E-state index contributed by atoms with van der Waals surface area (Å²) in [6.07, 6.45) is 2.45. The van der Waals surface area contributed by atoms with E-state index in [0.29, 0.717) is 63.5 Å². The summed E-state index contributed by atoms with van der Waals surface area (Å²) in [6, 6.07) is 5.48. The van der Waals surface area contributed by atoms with Gasteiger partial charge in [0, 0.05) is 51.7 Å². The number of anilines is 2. The molecule has 1 N–H and O–H groups in total. The number of ether oxygens (including phenoxy) is 3. The molecule has 2 saturated heterocycles. The zero-order chi connectivity index (χ0) is 56.3. The lowest BCUT2D eigenvalue weighted by molar-refractivity contribution is 0.0188. The van der Waals surface area contributed by atoms with Gasteiger partial charge in [0.2, 0.25) is 0 Å². The second-order valence-corrected chi connectivity index (χ2v) is 23.6. The minimum atomic E-state index is -0.719. The Morgan fingerprint density at radius 2 is 1.19 bits per heavy atom. The monoisotopic (exact) mass is 1170 g/mol. The van der Waals surface area contributed by atoms with Crippen molar-refractivity contribution in [1.82, 2.24) is 38.9 Å². The van der Waals surface area contributed by atoms with Crippen molar-refractivity contribution in [3.8, 4) is 17.1 Å². The van der Waals surface area contributed by atoms with Gasteiger partial charge >= 0.3 is 23.6 Å². The van der Waals surface area contributed by atoms with Gasteiger partial charge in [0.05, 0.1) is 77.8 Å². The van der Waals surface area contributed by atoms with Gasteiger partial charge in [0.15, 0.2) is 17.4 Å². The van der Waals surface area contributed by atoms with Crippen molar-refractivity contribution in [2.75, 3.05) is 62.3 Å². The molecule has 7 heterocycles. The van der Waals surface area contributed by atoms with Gasteiger partial charge in [0.25, 0.3) is 0 Å². The van der Waals surface area contributed by atoms with E-state index in [0.717, 1.165) is 11.1 Å². The van der Waals surface area contributed by atoms with Gasteiger partial charge in [-0.05, 0) is 119 Å². The molecular weight excluding hydrogens is 1110 g/mol. The van der Waals surface area contributed by atoms with Crippen LogP contribution in [0.25, 0.3) is 33.2 Å². The lowest BCUT2D eigenvalue weighted by atomic mass is 10.0. The lowest BCUT2D eigenvalue weighted by Gasteiger charge is -2.42. The van der Waals surface area contributed by atoms with Crippen LogP contribution in [0.4, 0.5) is 30.0 Å². The minimum absolute atomic E-state index is 0.0131. The molecule has 23 heteroatoms. The maximum absolute atomic E-state index is 15.4. The average molecular weight is 1170 g/mol. The van der Waals surface area contributed by atoms with Gasteiger partial charge in [-0.25, -0.2) is 28.0 Å². The predicted octanol–water partition coefficient (Wildman–Crippen LogP) is 10.0. The van der Waals surface area contributed by atoms with E-state index in [1.54, 1.807) is 49.0 Å². The minimum Gasteiger partial charge on any atom is -0.487 e. The van der Waals surface area contributed by atoms with Crippen molar-refractivity contribution in [3.05, 3.63) is 106 Å². The van der Waals surface area contributed by atoms with Gasteiger partial charge in [-0.2, -0.15) is 9.97 Å². The lowest BCUT2D eigenvalue weighted by Crippen LogP contribution is -2.57. The molecule has 0 radical (unpaired) electrons. The summed E-state index contributed by atoms with van der Waals surface area (Å²) in [7, 11) is 0. The summed E-state index contributed by atoms with van der Waals surface area (Å²) < 4.78 is 50.6. The van der Waals surface area contributed by atoms with E-state index >= 15 is 8.78 Å². The molecule has 4 aromatic heterocycles. The highest BCUT2D eigenvalue weighted by Crippen LogP contribution is 2.43. The van der Waals surface area contributed by atoms with Gasteiger partial charge in [-0.1, -0.05) is 50.9 Å². The van der Waals surface area contributed by atoms with Gasteiger partial charge in [0.1, 0.15) is 29.4 Å². The summed E-state index contributed by atoms with van der Waals surface area (Å²) in [5, 5.41) is 10.6. The Morgan fingerprint density at radius 1 is 0.740 bits per heavy atom. The molecule has 2 atom stereocenters. The fraction of sp³-hybridized carbons (Fsp3) is 0.481. The second kappa shape index (κ2) is 21.9. The van der Waals surface area contributed by atoms with Crippen LogP contribution in [0.1, 0.15) is 104 Å². The largest absolute Gasteiger partial charge is 0.487 e. The second-order valence-electron chi connectivity index (χ2n) is 22.0. The Kier molecular flexibility index (Phi) is 16.2. The number of piperazine rings is 2. The van der Waals surface area contributed by atoms with Crippen molar-refractivity contribution in [2.45, 2.75) is 118 Å². The number of nitrogens with zero attached hydrogens (tertiary/aromatic N) is 10. The number of hydrogen-bond acceptors (Lipinski definition) is 14. The first-order chi connectivity index (χ1) is 36.1. The molecule has 6 aromatic rings. The first kappa shape index (κ1) is 57.0. The molecule has 0 spiro atoms. The number of hydrogen-bond donors (Lipinski definition) is 1. The van der Waals surface area contributed by atoms with Crippen molar-refractivity contribution in [3.63, 3.8) is 0 Å². The van der Waals surface area contributed by atoms with E-state index in [-0.39, 0.29) is 83.4 Å². The van der Waals surface area contributed by atoms with Gasteiger partial charge in [-0.15, -0.1) is 0 Å². The van der Waals surface area contributed by atoms with E-state index in [1.165, 1.54) is 26.2 Å². The Morgan fingerprint density at radius 3 is 1.68 bits per heavy atom. The number of aryl methyl sites for hydroxylation is 2. The third-order valence-corrected chi connectivity index (χ3v) is 14.6. The normalized spacial score (nSPS) is 16.8. The molecule has 2 amide bonds. The number of benzene rings is 2. The van der Waals surface area contributed by atoms with E-state index < -0.39 is 52.4 Å². The topological polar surface area (TPSA) is 191 Å². The first-order valence-corrected chi connectivity index (χ1v) is 26.9. The predicted molar refractivity (Wildman–Crippen MR) is 296 cm³/mol. The molecule has 412 valence electrons. The summed E-state index contributed by atoms with van der Waals surface area (Å²) in [5.74, 6) is -0.982. The number of halogens is 5. The Balaban J connectivity index is 0.000000204. The SMILES string of the molecule is Cc1ccnc(C(C)C)c1-n1c(=O)nc(N2CCN(C(=O)OC(C)(C)C)C[C@H]2CO)c2c(Br)c(F)c(Cl)cc21.Cc1ccnc(C(C)C)c1-n1c(=O)nc2c3c(c(F)c(Cl)cc31)OC[C@@H]1CN(C(=O)OC(C)(C)C)CCN21. The van der Waals surface area contributed by atoms with Crippen LogP contribution in [-0.2, 0) is 9.47 Å². The maximum Gasteiger partial charge on any atom is 0.410 e. The van der Waals surface area contributed by atoms with Crippen LogP contribution < -0.4 is 25.9 Å². The van der Waals surface area contributed by atoms with Crippen LogP contribution in [0.5, 0.6) is 5.75 Å². The van der Waals surface area contributed by atoms with Crippen LogP contribution in [0, 0.1) is 25.5 Å². The average Bonchev–Trinajstić information content (AvgIpc) is 3.59. The number of aliphatic hydroxyl groups excluding tert-OH is 1. The van der Waals surface area contributed by atoms with Crippen LogP contribution in [0.3, 0.4) is 0 Å². The number of aliphatic hydroxyl groups is 1. The summed E-state index contributed by atoms with van der Waals surface area (Å²) >= 11 is 16.0. The van der Waals surface area contributed by atoms with E-state index in [1.807, 2.05) is 73.3 Å². The first-order valence-electron chi connectivity index (χ1n) is 25.3. The standard InChI is InChI=1S/C27H32BrClFN5O4.C27H31ClFN5O4/c1-14(2)22-23(15(3)7-8-31-22)35-18-11-17(29)21(30)20(28)19(18)24(32-25(35)37)34-10-9-33(12-16(34)13-36)26(38)39-27(4,5)6;1-14(2)21-22(15(3)7-8-30-21)34-18-11-17(28)20(29)23-19(18)24(31-25(34)35)33-10-9-32(12-16(33)13-37-23)26(36)38-27(4,5)6/h7-8,11,14,16,36H,9-10,12-13H2,1-6H3;7-8,11,14,16H,9-10,12-13H2,1-6H3/t2*16-/m00/s1. The zero-order valence-corrected chi connectivity index (χ0v) is 48.2. The molecule has 0 aliphatic carbocycles. The van der Waals surface area contributed by atoms with Crippen molar-refractivity contribution in [1.29, 1.82) is 0 Å². The quantitative estimate of drug-likeness (QED) is 0.155. The molecule has 0 unspecified atom stereocenters. The number of aromatic nitrogens is 6. The summed E-state index contributed by atoms with van der Waals surface area (Å²) in [5.41, 5.74) is 2.45. The fourth-order valence-corrected chi connectivity index (χ4v) is 10.9. The smallest absolute Gasteiger partial charge is 0.410 e. The van der Waals surface area contributed by atoms with Crippen molar-refractivity contribution >= 4 is 84.8 Å². The Bertz CT molecular complexity index is 3440. The van der Waals surface area contributed by atoms with Crippen LogP contribution >= 0.6 is 39.1 Å². The number of rotatable bonds is 6. The van der Waals surface area contributed by atoms with E-state index in [9.17, 15) is 24.3 Å². The highest BCUT2D eigenvalue weighted by atomic mass is 79.9. The third kappa shape index (κ3) is 11.3. The fourth-order valence-electron chi connectivity index (χ4n) is 9.84. The van der Waals surface area contributed by atoms with Gasteiger partial charge in [-0.3, -0.25) is 19.1 Å². The van der Waals surface area contributed by atoms with Crippen LogP contribution in [-0.4, -0.2) is 132 Å². The Labute approximate surface area is 463 Å². The van der Waals surface area contributed by atoms with E-state index in [2.05, 4.69) is 35.9 Å². The molecule has 3 aliphatic rings. The molecule has 2 fully saturated rings. The third-order valence-electron chi connectivity index (χ3n) is 13.3. The van der Waals surface area contributed by atoms with Crippen LogP contribution in [0.15, 0.2) is 50.7 Å². The number of amides is 2. The molecule has 18 nitrogen and oxygen atoms in total. The van der Waals surface area contributed by atoms with Crippen molar-refractivity contribution in [2.24, 2.45) is 0 Å².